The van der Waals surface area contributed by atoms with Crippen LogP contribution in [0.15, 0.2) is 12.7 Å². The summed E-state index contributed by atoms with van der Waals surface area (Å²) in [5, 5.41) is 0. The lowest BCUT2D eigenvalue weighted by Crippen LogP contribution is -2.39. The van der Waals surface area contributed by atoms with Crippen LogP contribution in [-0.2, 0) is 23.7 Å². The molecule has 0 unspecified atom stereocenters. The van der Waals surface area contributed by atoms with E-state index in [9.17, 15) is 0 Å². The first-order valence-electron chi connectivity index (χ1n) is 6.32. The van der Waals surface area contributed by atoms with Crippen LogP contribution in [0, 0.1) is 12.3 Å². The molecule has 0 aliphatic carbocycles. The van der Waals surface area contributed by atoms with Crippen molar-refractivity contribution in [1.29, 1.82) is 0 Å². The minimum absolute atomic E-state index is 0.247. The van der Waals surface area contributed by atoms with Crippen molar-refractivity contribution < 1.29 is 23.7 Å². The van der Waals surface area contributed by atoms with E-state index in [2.05, 4.69) is 12.5 Å². The number of fused-ring (bicyclic) bond motifs is 1. The summed E-state index contributed by atoms with van der Waals surface area (Å²) >= 11 is 0. The lowest BCUT2D eigenvalue weighted by atomic mass is 10.1. The maximum absolute atomic E-state index is 5.82. The van der Waals surface area contributed by atoms with Gasteiger partial charge >= 0.3 is 0 Å². The minimum Gasteiger partial charge on any atom is -0.368 e. The van der Waals surface area contributed by atoms with Crippen LogP contribution in [-0.4, -0.2) is 50.2 Å². The summed E-state index contributed by atoms with van der Waals surface area (Å²) in [6, 6.07) is 0. The highest BCUT2D eigenvalue weighted by molar-refractivity contribution is 4.95. The first-order valence-corrected chi connectivity index (χ1v) is 6.32. The van der Waals surface area contributed by atoms with Crippen LogP contribution >= 0.6 is 0 Å². The zero-order valence-electron chi connectivity index (χ0n) is 11.3. The maximum Gasteiger partial charge on any atom is 0.190 e. The molecular formula is C14H20O5. The quantitative estimate of drug-likeness (QED) is 0.410. The normalized spacial score (nSPS) is 35.8. The second kappa shape index (κ2) is 6.04. The van der Waals surface area contributed by atoms with E-state index >= 15 is 0 Å². The number of terminal acetylenes is 1. The third-order valence-corrected chi connectivity index (χ3v) is 2.96. The Morgan fingerprint density at radius 3 is 2.89 bits per heavy atom. The van der Waals surface area contributed by atoms with Gasteiger partial charge in [-0.3, -0.25) is 0 Å². The summed E-state index contributed by atoms with van der Waals surface area (Å²) in [5.74, 6) is 1.76. The fourth-order valence-corrected chi connectivity index (χ4v) is 2.30. The molecule has 2 heterocycles. The third-order valence-electron chi connectivity index (χ3n) is 2.96. The predicted octanol–water partition coefficient (Wildman–Crippen LogP) is 1.08. The predicted molar refractivity (Wildman–Crippen MR) is 68.3 cm³/mol. The van der Waals surface area contributed by atoms with Crippen LogP contribution in [0.4, 0.5) is 0 Å². The fraction of sp³-hybridized carbons (Fsp3) is 0.714. The Kier molecular flexibility index (Phi) is 4.61. The van der Waals surface area contributed by atoms with E-state index in [0.717, 1.165) is 0 Å². The minimum atomic E-state index is -0.657. The van der Waals surface area contributed by atoms with Gasteiger partial charge in [-0.1, -0.05) is 12.0 Å². The number of ether oxygens (including phenoxy) is 5. The average molecular weight is 268 g/mol. The van der Waals surface area contributed by atoms with Crippen molar-refractivity contribution in [2.45, 2.75) is 44.2 Å². The monoisotopic (exact) mass is 268 g/mol. The summed E-state index contributed by atoms with van der Waals surface area (Å²) in [7, 11) is 0. The molecule has 0 bridgehead atoms. The molecule has 0 aromatic heterocycles. The smallest absolute Gasteiger partial charge is 0.190 e. The molecule has 0 aromatic carbocycles. The highest BCUT2D eigenvalue weighted by atomic mass is 16.8. The van der Waals surface area contributed by atoms with Crippen LogP contribution < -0.4 is 0 Å². The number of hydrogen-bond donors (Lipinski definition) is 0. The van der Waals surface area contributed by atoms with Crippen molar-refractivity contribution in [3.05, 3.63) is 12.7 Å². The zero-order chi connectivity index (χ0) is 13.9. The molecular weight excluding hydrogens is 248 g/mol. The molecule has 4 atom stereocenters. The van der Waals surface area contributed by atoms with Crippen LogP contribution in [0.2, 0.25) is 0 Å². The second-order valence-corrected chi connectivity index (χ2v) is 4.95. The Bertz CT molecular complexity index is 359. The van der Waals surface area contributed by atoms with Crippen LogP contribution in [0.1, 0.15) is 13.8 Å². The zero-order valence-corrected chi connectivity index (χ0v) is 11.3. The average Bonchev–Trinajstić information content (AvgIpc) is 2.79. The Morgan fingerprint density at radius 2 is 2.21 bits per heavy atom. The molecule has 5 nitrogen and oxygen atoms in total. The standard InChI is InChI=1S/C14H20O5/c1-5-7-15-9-10-11(16-8-6-2)12-13(17-10)19-14(3,4)18-12/h1,6,10-13H,2,7-9H2,3-4H3/t10-,11+,12-,13-/m1/s1. The van der Waals surface area contributed by atoms with Gasteiger partial charge in [0.05, 0.1) is 13.2 Å². The molecule has 5 heteroatoms. The van der Waals surface area contributed by atoms with Crippen molar-refractivity contribution in [2.24, 2.45) is 0 Å². The van der Waals surface area contributed by atoms with E-state index in [0.29, 0.717) is 13.2 Å². The van der Waals surface area contributed by atoms with Gasteiger partial charge in [-0.2, -0.15) is 0 Å². The molecule has 2 fully saturated rings. The second-order valence-electron chi connectivity index (χ2n) is 4.95. The van der Waals surface area contributed by atoms with E-state index in [1.165, 1.54) is 0 Å². The van der Waals surface area contributed by atoms with E-state index in [1.807, 2.05) is 13.8 Å². The van der Waals surface area contributed by atoms with Crippen molar-refractivity contribution >= 4 is 0 Å². The van der Waals surface area contributed by atoms with Crippen molar-refractivity contribution in [1.82, 2.24) is 0 Å². The van der Waals surface area contributed by atoms with Crippen LogP contribution in [0.3, 0.4) is 0 Å². The number of hydrogen-bond acceptors (Lipinski definition) is 5. The van der Waals surface area contributed by atoms with Crippen molar-refractivity contribution in [3.8, 4) is 12.3 Å². The first kappa shape index (κ1) is 14.5. The Labute approximate surface area is 113 Å². The molecule has 0 N–H and O–H groups in total. The lowest BCUT2D eigenvalue weighted by Gasteiger charge is -2.25. The summed E-state index contributed by atoms with van der Waals surface area (Å²) in [5.41, 5.74) is 0. The van der Waals surface area contributed by atoms with Gasteiger partial charge in [0.2, 0.25) is 0 Å². The molecule has 2 aliphatic heterocycles. The Balaban J connectivity index is 1.97. The van der Waals surface area contributed by atoms with E-state index < -0.39 is 12.1 Å². The first-order chi connectivity index (χ1) is 9.07. The van der Waals surface area contributed by atoms with E-state index in [1.54, 1.807) is 6.08 Å². The highest BCUT2D eigenvalue weighted by Gasteiger charge is 2.55. The molecule has 106 valence electrons. The van der Waals surface area contributed by atoms with Gasteiger partial charge in [0.1, 0.15) is 24.9 Å². The molecule has 0 spiro atoms. The third kappa shape index (κ3) is 3.35. The van der Waals surface area contributed by atoms with Crippen molar-refractivity contribution in [2.75, 3.05) is 19.8 Å². The molecule has 2 saturated heterocycles. The van der Waals surface area contributed by atoms with Crippen LogP contribution in [0.25, 0.3) is 0 Å². The van der Waals surface area contributed by atoms with Gasteiger partial charge in [0.15, 0.2) is 12.1 Å². The lowest BCUT2D eigenvalue weighted by molar-refractivity contribution is -0.222. The maximum atomic E-state index is 5.82. The van der Waals surface area contributed by atoms with Crippen LogP contribution in [0.5, 0.6) is 0 Å². The molecule has 0 saturated carbocycles. The molecule has 2 aliphatic rings. The summed E-state index contributed by atoms with van der Waals surface area (Å²) in [6.07, 6.45) is 5.65. The van der Waals surface area contributed by atoms with Crippen molar-refractivity contribution in [3.63, 3.8) is 0 Å². The SMILES string of the molecule is C#CCOC[C@H]1O[C@@H]2OC(C)(C)O[C@@H]2[C@H]1OCC=C. The van der Waals surface area contributed by atoms with Gasteiger partial charge in [-0.25, -0.2) is 0 Å². The van der Waals surface area contributed by atoms with Gasteiger partial charge in [-0.05, 0) is 13.8 Å². The molecule has 0 amide bonds. The molecule has 2 rings (SSSR count). The number of rotatable bonds is 6. The fourth-order valence-electron chi connectivity index (χ4n) is 2.30. The van der Waals surface area contributed by atoms with E-state index in [4.69, 9.17) is 30.1 Å². The highest BCUT2D eigenvalue weighted by Crippen LogP contribution is 2.38. The molecule has 0 aromatic rings. The largest absolute Gasteiger partial charge is 0.368 e. The van der Waals surface area contributed by atoms with E-state index in [-0.39, 0.29) is 24.9 Å². The van der Waals surface area contributed by atoms with Gasteiger partial charge in [0.25, 0.3) is 0 Å². The van der Waals surface area contributed by atoms with Gasteiger partial charge < -0.3 is 23.7 Å². The Morgan fingerprint density at radius 1 is 1.42 bits per heavy atom. The van der Waals surface area contributed by atoms with Gasteiger partial charge in [0, 0.05) is 0 Å². The Hall–Kier alpha value is -0.900. The summed E-state index contributed by atoms with van der Waals surface area (Å²) < 4.78 is 28.3. The van der Waals surface area contributed by atoms with Gasteiger partial charge in [-0.15, -0.1) is 13.0 Å². The topological polar surface area (TPSA) is 46.2 Å². The summed E-state index contributed by atoms with van der Waals surface area (Å²) in [4.78, 5) is 0. The molecule has 0 radical (unpaired) electrons. The summed E-state index contributed by atoms with van der Waals surface area (Å²) in [6.45, 7) is 8.36. The molecule has 19 heavy (non-hydrogen) atoms.